The maximum absolute atomic E-state index is 12.3. The largest absolute Gasteiger partial charge is 0.480 e. The number of carbonyl (C=O) groups is 3. The zero-order valence-electron chi connectivity index (χ0n) is 13.7. The number of rotatable bonds is 6. The Kier molecular flexibility index (Phi) is 4.55. The maximum Gasteiger partial charge on any atom is 0.326 e. The third kappa shape index (κ3) is 3.75. The van der Waals surface area contributed by atoms with Crippen LogP contribution in [0.1, 0.15) is 30.4 Å². The second kappa shape index (κ2) is 6.63. The van der Waals surface area contributed by atoms with E-state index in [0.29, 0.717) is 13.1 Å². The Morgan fingerprint density at radius 3 is 2.54 bits per heavy atom. The molecule has 2 N–H and O–H groups in total. The zero-order valence-corrected chi connectivity index (χ0v) is 13.7. The van der Waals surface area contributed by atoms with Gasteiger partial charge in [0.25, 0.3) is 0 Å². The maximum atomic E-state index is 12.3. The minimum absolute atomic E-state index is 0.0345. The van der Waals surface area contributed by atoms with E-state index in [0.717, 1.165) is 24.0 Å². The number of hydrogen-bond donors (Lipinski definition) is 2. The van der Waals surface area contributed by atoms with Crippen LogP contribution < -0.4 is 5.32 Å². The van der Waals surface area contributed by atoms with E-state index in [2.05, 4.69) is 5.32 Å². The molecule has 128 valence electrons. The molecule has 2 amide bonds. The van der Waals surface area contributed by atoms with E-state index in [9.17, 15) is 19.5 Å². The summed E-state index contributed by atoms with van der Waals surface area (Å²) in [6.45, 7) is 2.83. The molecular weight excluding hydrogens is 308 g/mol. The van der Waals surface area contributed by atoms with E-state index in [1.54, 1.807) is 4.90 Å². The summed E-state index contributed by atoms with van der Waals surface area (Å²) < 4.78 is 0. The van der Waals surface area contributed by atoms with Gasteiger partial charge in [0.15, 0.2) is 0 Å². The number of likely N-dealkylation sites (tertiary alicyclic amines) is 1. The van der Waals surface area contributed by atoms with Crippen LogP contribution in [0.4, 0.5) is 0 Å². The van der Waals surface area contributed by atoms with Crippen molar-refractivity contribution >= 4 is 17.8 Å². The van der Waals surface area contributed by atoms with E-state index in [1.165, 1.54) is 0 Å². The van der Waals surface area contributed by atoms with E-state index in [1.807, 2.05) is 31.2 Å². The Morgan fingerprint density at radius 1 is 1.29 bits per heavy atom. The molecular formula is C18H22N2O4. The summed E-state index contributed by atoms with van der Waals surface area (Å²) in [7, 11) is 0. The summed E-state index contributed by atoms with van der Waals surface area (Å²) in [5.41, 5.74) is 2.18. The summed E-state index contributed by atoms with van der Waals surface area (Å²) >= 11 is 0. The van der Waals surface area contributed by atoms with Gasteiger partial charge in [0.1, 0.15) is 6.04 Å². The van der Waals surface area contributed by atoms with Crippen molar-refractivity contribution in [3.8, 4) is 0 Å². The Bertz CT molecular complexity index is 651. The molecule has 1 aliphatic heterocycles. The second-order valence-electron chi connectivity index (χ2n) is 6.82. The van der Waals surface area contributed by atoms with E-state index in [-0.39, 0.29) is 24.2 Å². The molecule has 3 rings (SSSR count). The van der Waals surface area contributed by atoms with Gasteiger partial charge in [-0.3, -0.25) is 9.59 Å². The second-order valence-corrected chi connectivity index (χ2v) is 6.82. The number of carboxylic acid groups (broad SMARTS) is 1. The van der Waals surface area contributed by atoms with Crippen LogP contribution in [0.15, 0.2) is 24.3 Å². The van der Waals surface area contributed by atoms with Crippen molar-refractivity contribution in [1.29, 1.82) is 0 Å². The molecule has 2 fully saturated rings. The van der Waals surface area contributed by atoms with Crippen LogP contribution in [-0.4, -0.2) is 40.4 Å². The fourth-order valence-electron chi connectivity index (χ4n) is 3.10. The van der Waals surface area contributed by atoms with Gasteiger partial charge in [-0.25, -0.2) is 4.79 Å². The van der Waals surface area contributed by atoms with Gasteiger partial charge >= 0.3 is 5.97 Å². The van der Waals surface area contributed by atoms with Crippen LogP contribution in [0.3, 0.4) is 0 Å². The summed E-state index contributed by atoms with van der Waals surface area (Å²) in [5, 5.41) is 11.8. The fraction of sp³-hybridized carbons (Fsp3) is 0.500. The highest BCUT2D eigenvalue weighted by Crippen LogP contribution is 2.33. The molecule has 2 unspecified atom stereocenters. The monoisotopic (exact) mass is 330 g/mol. The van der Waals surface area contributed by atoms with Gasteiger partial charge in [-0.15, -0.1) is 0 Å². The van der Waals surface area contributed by atoms with Gasteiger partial charge in [0, 0.05) is 19.5 Å². The first kappa shape index (κ1) is 16.5. The van der Waals surface area contributed by atoms with Crippen LogP contribution in [-0.2, 0) is 20.9 Å². The van der Waals surface area contributed by atoms with E-state index >= 15 is 0 Å². The first-order chi connectivity index (χ1) is 11.4. The first-order valence-electron chi connectivity index (χ1n) is 8.30. The minimum atomic E-state index is -0.994. The summed E-state index contributed by atoms with van der Waals surface area (Å²) in [6, 6.07) is 7.12. The lowest BCUT2D eigenvalue weighted by atomic mass is 10.1. The SMILES string of the molecule is Cc1ccc(CN2CC(C(=O)NC(C(=O)O)C3CC3)CC2=O)cc1. The number of nitrogens with one attached hydrogen (secondary N) is 1. The summed E-state index contributed by atoms with van der Waals surface area (Å²) in [5.74, 6) is -1.81. The van der Waals surface area contributed by atoms with Gasteiger partial charge in [-0.1, -0.05) is 29.8 Å². The molecule has 6 nitrogen and oxygen atoms in total. The topological polar surface area (TPSA) is 86.7 Å². The number of hydrogen-bond acceptors (Lipinski definition) is 3. The first-order valence-corrected chi connectivity index (χ1v) is 8.30. The molecule has 1 aromatic rings. The molecule has 0 aromatic heterocycles. The van der Waals surface area contributed by atoms with Crippen molar-refractivity contribution in [3.05, 3.63) is 35.4 Å². The predicted octanol–water partition coefficient (Wildman–Crippen LogP) is 1.32. The lowest BCUT2D eigenvalue weighted by Crippen LogP contribution is -2.45. The standard InChI is InChI=1S/C18H22N2O4/c1-11-2-4-12(5-3-11)9-20-10-14(8-15(20)21)17(22)19-16(18(23)24)13-6-7-13/h2-5,13-14,16H,6-10H2,1H3,(H,19,22)(H,23,24). The van der Waals surface area contributed by atoms with Crippen LogP contribution >= 0.6 is 0 Å². The molecule has 0 radical (unpaired) electrons. The van der Waals surface area contributed by atoms with Crippen LogP contribution in [0.5, 0.6) is 0 Å². The van der Waals surface area contributed by atoms with Gasteiger partial charge in [-0.05, 0) is 31.2 Å². The minimum Gasteiger partial charge on any atom is -0.480 e. The van der Waals surface area contributed by atoms with Gasteiger partial charge < -0.3 is 15.3 Å². The molecule has 0 bridgehead atoms. The average molecular weight is 330 g/mol. The molecule has 2 atom stereocenters. The zero-order chi connectivity index (χ0) is 17.3. The highest BCUT2D eigenvalue weighted by molar-refractivity contribution is 5.91. The smallest absolute Gasteiger partial charge is 0.326 e. The number of benzene rings is 1. The molecule has 1 heterocycles. The Morgan fingerprint density at radius 2 is 1.96 bits per heavy atom. The number of aliphatic carboxylic acids is 1. The lowest BCUT2D eigenvalue weighted by Gasteiger charge is -2.18. The Hall–Kier alpha value is -2.37. The average Bonchev–Trinajstić information content (AvgIpc) is 3.31. The fourth-order valence-corrected chi connectivity index (χ4v) is 3.10. The summed E-state index contributed by atoms with van der Waals surface area (Å²) in [4.78, 5) is 37.4. The van der Waals surface area contributed by atoms with Crippen molar-refractivity contribution < 1.29 is 19.5 Å². The lowest BCUT2D eigenvalue weighted by molar-refractivity contribution is -0.143. The van der Waals surface area contributed by atoms with Crippen LogP contribution in [0, 0.1) is 18.8 Å². The number of amides is 2. The number of carboxylic acids is 1. The molecule has 1 aliphatic carbocycles. The molecule has 1 saturated heterocycles. The van der Waals surface area contributed by atoms with Gasteiger partial charge in [-0.2, -0.15) is 0 Å². The van der Waals surface area contributed by atoms with E-state index < -0.39 is 17.9 Å². The number of nitrogens with zero attached hydrogens (tertiary/aromatic N) is 1. The van der Waals surface area contributed by atoms with Crippen molar-refractivity contribution in [1.82, 2.24) is 10.2 Å². The predicted molar refractivity (Wildman–Crippen MR) is 87.0 cm³/mol. The third-order valence-electron chi connectivity index (χ3n) is 4.74. The third-order valence-corrected chi connectivity index (χ3v) is 4.74. The van der Waals surface area contributed by atoms with E-state index in [4.69, 9.17) is 0 Å². The quantitative estimate of drug-likeness (QED) is 0.824. The van der Waals surface area contributed by atoms with Gasteiger partial charge in [0.05, 0.1) is 5.92 Å². The normalized spacial score (nSPS) is 21.6. The number of aryl methyl sites for hydroxylation is 1. The van der Waals surface area contributed by atoms with Crippen molar-refractivity contribution in [2.45, 2.75) is 38.8 Å². The highest BCUT2D eigenvalue weighted by Gasteiger charge is 2.40. The molecule has 6 heteroatoms. The molecule has 24 heavy (non-hydrogen) atoms. The van der Waals surface area contributed by atoms with Crippen LogP contribution in [0.2, 0.25) is 0 Å². The molecule has 1 aromatic carbocycles. The van der Waals surface area contributed by atoms with Crippen molar-refractivity contribution in [2.75, 3.05) is 6.54 Å². The molecule has 2 aliphatic rings. The van der Waals surface area contributed by atoms with Crippen molar-refractivity contribution in [2.24, 2.45) is 11.8 Å². The Balaban J connectivity index is 1.58. The van der Waals surface area contributed by atoms with Crippen LogP contribution in [0.25, 0.3) is 0 Å². The van der Waals surface area contributed by atoms with Crippen molar-refractivity contribution in [3.63, 3.8) is 0 Å². The molecule has 1 saturated carbocycles. The highest BCUT2D eigenvalue weighted by atomic mass is 16.4. The Labute approximate surface area is 140 Å². The van der Waals surface area contributed by atoms with Gasteiger partial charge in [0.2, 0.25) is 11.8 Å². The molecule has 0 spiro atoms. The number of carbonyl (C=O) groups excluding carboxylic acids is 2. The summed E-state index contributed by atoms with van der Waals surface area (Å²) in [6.07, 6.45) is 1.81.